The maximum absolute atomic E-state index is 12.9. The zero-order valence-corrected chi connectivity index (χ0v) is 15.1. The fourth-order valence-electron chi connectivity index (χ4n) is 2.84. The number of halogens is 3. The van der Waals surface area contributed by atoms with Crippen LogP contribution >= 0.6 is 0 Å². The van der Waals surface area contributed by atoms with Crippen LogP contribution in [0.4, 0.5) is 24.5 Å². The van der Waals surface area contributed by atoms with Crippen molar-refractivity contribution in [1.29, 1.82) is 0 Å². The number of amides is 1. The highest BCUT2D eigenvalue weighted by atomic mass is 32.2. The lowest BCUT2D eigenvalue weighted by Gasteiger charge is -2.27. The molecule has 1 aliphatic heterocycles. The van der Waals surface area contributed by atoms with E-state index in [2.05, 4.69) is 15.4 Å². The molecule has 2 aromatic carbocycles. The van der Waals surface area contributed by atoms with Gasteiger partial charge >= 0.3 is 6.18 Å². The molecule has 0 aliphatic carbocycles. The van der Waals surface area contributed by atoms with Crippen molar-refractivity contribution in [1.82, 2.24) is 4.72 Å². The van der Waals surface area contributed by atoms with E-state index >= 15 is 0 Å². The maximum Gasteiger partial charge on any atom is 0.416 e. The number of carbonyl (C=O) groups is 1. The topological polar surface area (TPSA) is 87.3 Å². The molecule has 0 fully saturated rings. The molecule has 6 nitrogen and oxygen atoms in total. The van der Waals surface area contributed by atoms with Crippen molar-refractivity contribution in [3.63, 3.8) is 0 Å². The van der Waals surface area contributed by atoms with Crippen LogP contribution in [0.5, 0.6) is 0 Å². The Morgan fingerprint density at radius 3 is 2.30 bits per heavy atom. The zero-order valence-electron chi connectivity index (χ0n) is 14.3. The van der Waals surface area contributed by atoms with Crippen molar-refractivity contribution in [2.75, 3.05) is 10.6 Å². The molecule has 1 aliphatic rings. The van der Waals surface area contributed by atoms with Gasteiger partial charge in [0.2, 0.25) is 10.0 Å². The lowest BCUT2D eigenvalue weighted by Crippen LogP contribution is -2.51. The standard InChI is InChI=1S/C17H16F3N3O3S/c1-9-5-10(2)7-12(6-9)21-16(24)15-22-13-8-11(17(18,19)20)3-4-14(13)27(25,26)23-15/h3-8,15,22-23H,1-2H3,(H,21,24)/t15-/m0/s1. The predicted octanol–water partition coefficient (Wildman–Crippen LogP) is 2.99. The van der Waals surface area contributed by atoms with Gasteiger partial charge in [-0.3, -0.25) is 4.79 Å². The van der Waals surface area contributed by atoms with E-state index in [0.29, 0.717) is 17.8 Å². The second kappa shape index (κ2) is 6.54. The van der Waals surface area contributed by atoms with Gasteiger partial charge in [-0.2, -0.15) is 17.9 Å². The average Bonchev–Trinajstić information content (AvgIpc) is 2.51. The van der Waals surface area contributed by atoms with Crippen LogP contribution in [0, 0.1) is 13.8 Å². The molecule has 0 unspecified atom stereocenters. The number of alkyl halides is 3. The molecule has 2 aromatic rings. The van der Waals surface area contributed by atoms with Gasteiger partial charge in [-0.05, 0) is 55.3 Å². The monoisotopic (exact) mass is 399 g/mol. The normalized spacial score (nSPS) is 18.3. The number of hydrogen-bond acceptors (Lipinski definition) is 4. The van der Waals surface area contributed by atoms with E-state index in [-0.39, 0.29) is 10.6 Å². The van der Waals surface area contributed by atoms with Gasteiger partial charge in [0.25, 0.3) is 5.91 Å². The van der Waals surface area contributed by atoms with Crippen molar-refractivity contribution in [2.45, 2.75) is 31.1 Å². The molecule has 0 saturated carbocycles. The summed E-state index contributed by atoms with van der Waals surface area (Å²) >= 11 is 0. The van der Waals surface area contributed by atoms with Gasteiger partial charge in [-0.1, -0.05) is 6.07 Å². The fourth-order valence-corrected chi connectivity index (χ4v) is 4.10. The highest BCUT2D eigenvalue weighted by Crippen LogP contribution is 2.35. The summed E-state index contributed by atoms with van der Waals surface area (Å²) in [6.45, 7) is 3.66. The first kappa shape index (κ1) is 19.2. The van der Waals surface area contributed by atoms with Crippen LogP contribution in [0.3, 0.4) is 0 Å². The number of fused-ring (bicyclic) bond motifs is 1. The minimum Gasteiger partial charge on any atom is -0.360 e. The van der Waals surface area contributed by atoms with Gasteiger partial charge in [0, 0.05) is 5.69 Å². The molecule has 0 bridgehead atoms. The molecule has 0 aromatic heterocycles. The third-order valence-corrected chi connectivity index (χ3v) is 5.40. The number of aryl methyl sites for hydroxylation is 2. The molecular weight excluding hydrogens is 383 g/mol. The number of sulfonamides is 1. The number of hydrogen-bond donors (Lipinski definition) is 3. The van der Waals surface area contributed by atoms with Crippen molar-refractivity contribution < 1.29 is 26.4 Å². The third kappa shape index (κ3) is 4.06. The van der Waals surface area contributed by atoms with Gasteiger partial charge < -0.3 is 10.6 Å². The van der Waals surface area contributed by atoms with Crippen LogP contribution in [0.15, 0.2) is 41.3 Å². The molecule has 0 spiro atoms. The molecule has 3 N–H and O–H groups in total. The van der Waals surface area contributed by atoms with Crippen LogP contribution < -0.4 is 15.4 Å². The van der Waals surface area contributed by atoms with Crippen LogP contribution in [0.2, 0.25) is 0 Å². The van der Waals surface area contributed by atoms with Crippen molar-refractivity contribution in [3.8, 4) is 0 Å². The Morgan fingerprint density at radius 2 is 1.70 bits per heavy atom. The molecule has 144 valence electrons. The van der Waals surface area contributed by atoms with Crippen molar-refractivity contribution in [2.24, 2.45) is 0 Å². The summed E-state index contributed by atoms with van der Waals surface area (Å²) < 4.78 is 65.4. The second-order valence-electron chi connectivity index (χ2n) is 6.27. The number of nitrogens with one attached hydrogen (secondary N) is 3. The first-order valence-corrected chi connectivity index (χ1v) is 9.33. The molecule has 1 heterocycles. The Balaban J connectivity index is 1.90. The Hall–Kier alpha value is -2.59. The van der Waals surface area contributed by atoms with E-state index < -0.39 is 33.8 Å². The van der Waals surface area contributed by atoms with Crippen molar-refractivity contribution in [3.05, 3.63) is 53.1 Å². The summed E-state index contributed by atoms with van der Waals surface area (Å²) in [5.41, 5.74) is 0.932. The molecule has 3 rings (SSSR count). The van der Waals surface area contributed by atoms with Gasteiger partial charge in [0.1, 0.15) is 4.90 Å². The Bertz CT molecular complexity index is 1000. The van der Waals surface area contributed by atoms with Gasteiger partial charge in [-0.15, -0.1) is 0 Å². The molecular formula is C17H16F3N3O3S. The minimum atomic E-state index is -4.64. The Labute approximate surface area is 153 Å². The largest absolute Gasteiger partial charge is 0.416 e. The summed E-state index contributed by atoms with van der Waals surface area (Å²) in [4.78, 5) is 12.1. The minimum absolute atomic E-state index is 0.288. The van der Waals surface area contributed by atoms with Crippen LogP contribution in [0.1, 0.15) is 16.7 Å². The molecule has 27 heavy (non-hydrogen) atoms. The van der Waals surface area contributed by atoms with Crippen LogP contribution in [0.25, 0.3) is 0 Å². The molecule has 1 amide bonds. The summed E-state index contributed by atoms with van der Waals surface area (Å²) in [5.74, 6) is -0.744. The summed E-state index contributed by atoms with van der Waals surface area (Å²) in [7, 11) is -4.15. The lowest BCUT2D eigenvalue weighted by molar-refractivity contribution is -0.137. The second-order valence-corrected chi connectivity index (χ2v) is 7.96. The zero-order chi connectivity index (χ0) is 20.0. The lowest BCUT2D eigenvalue weighted by atomic mass is 10.1. The van der Waals surface area contributed by atoms with Crippen LogP contribution in [-0.2, 0) is 21.0 Å². The van der Waals surface area contributed by atoms with Gasteiger partial charge in [0.05, 0.1) is 11.3 Å². The first-order valence-electron chi connectivity index (χ1n) is 7.85. The van der Waals surface area contributed by atoms with E-state index in [9.17, 15) is 26.4 Å². The van der Waals surface area contributed by atoms with E-state index in [0.717, 1.165) is 17.2 Å². The van der Waals surface area contributed by atoms with E-state index in [4.69, 9.17) is 0 Å². The van der Waals surface area contributed by atoms with E-state index in [1.54, 1.807) is 12.1 Å². The number of benzene rings is 2. The van der Waals surface area contributed by atoms with Crippen molar-refractivity contribution >= 4 is 27.3 Å². The number of anilines is 2. The summed E-state index contributed by atoms with van der Waals surface area (Å²) in [6.07, 6.45) is -6.09. The maximum atomic E-state index is 12.9. The summed E-state index contributed by atoms with van der Waals surface area (Å²) in [6, 6.07) is 7.48. The molecule has 0 radical (unpaired) electrons. The third-order valence-electron chi connectivity index (χ3n) is 3.92. The molecule has 0 saturated heterocycles. The Kier molecular flexibility index (Phi) is 4.64. The fraction of sp³-hybridized carbons (Fsp3) is 0.235. The predicted molar refractivity (Wildman–Crippen MR) is 93.7 cm³/mol. The highest BCUT2D eigenvalue weighted by Gasteiger charge is 2.37. The average molecular weight is 399 g/mol. The first-order chi connectivity index (χ1) is 12.5. The molecule has 1 atom stereocenters. The quantitative estimate of drug-likeness (QED) is 0.725. The highest BCUT2D eigenvalue weighted by molar-refractivity contribution is 7.89. The smallest absolute Gasteiger partial charge is 0.360 e. The number of rotatable bonds is 2. The van der Waals surface area contributed by atoms with E-state index in [1.807, 2.05) is 19.9 Å². The van der Waals surface area contributed by atoms with Crippen LogP contribution in [-0.4, -0.2) is 20.5 Å². The number of carbonyl (C=O) groups excluding carboxylic acids is 1. The van der Waals surface area contributed by atoms with Gasteiger partial charge in [-0.25, -0.2) is 8.42 Å². The Morgan fingerprint density at radius 1 is 1.07 bits per heavy atom. The SMILES string of the molecule is Cc1cc(C)cc(NC(=O)[C@H]2Nc3cc(C(F)(F)F)ccc3S(=O)(=O)N2)c1. The molecule has 10 heteroatoms. The van der Waals surface area contributed by atoms with E-state index in [1.165, 1.54) is 0 Å². The van der Waals surface area contributed by atoms with Gasteiger partial charge in [0.15, 0.2) is 6.17 Å². The summed E-state index contributed by atoms with van der Waals surface area (Å²) in [5, 5.41) is 5.07.